The molecule has 9 nitrogen and oxygen atoms in total. The topological polar surface area (TPSA) is 104 Å². The van der Waals surface area contributed by atoms with Crippen molar-refractivity contribution in [2.45, 2.75) is 71.0 Å². The second-order valence-electron chi connectivity index (χ2n) is 10.7. The van der Waals surface area contributed by atoms with Crippen LogP contribution in [-0.2, 0) is 20.8 Å². The summed E-state index contributed by atoms with van der Waals surface area (Å²) < 4.78 is 19.2. The lowest BCUT2D eigenvalue weighted by Crippen LogP contribution is -2.52. The third kappa shape index (κ3) is 8.40. The Morgan fingerprint density at radius 2 is 1.86 bits per heavy atom. The highest BCUT2D eigenvalue weighted by Crippen LogP contribution is 2.36. The number of pyridine rings is 1. The summed E-state index contributed by atoms with van der Waals surface area (Å²) in [5, 5.41) is 10.3. The van der Waals surface area contributed by atoms with Gasteiger partial charge in [0, 0.05) is 25.8 Å². The van der Waals surface area contributed by atoms with Crippen LogP contribution in [0.15, 0.2) is 18.5 Å². The van der Waals surface area contributed by atoms with Crippen LogP contribution in [0, 0.1) is 11.2 Å². The molecule has 0 radical (unpaired) electrons. The van der Waals surface area contributed by atoms with Gasteiger partial charge in [0.15, 0.2) is 0 Å². The minimum Gasteiger partial charge on any atom is -0.444 e. The quantitative estimate of drug-likeness (QED) is 0.536. The SMILES string of the molecule is CC(C)(C)OC(=O)N1CCC(Cc2cncc(F)c2)(C(=O)NOCC(O)CN2CCCCC2)CC1. The van der Waals surface area contributed by atoms with Crippen LogP contribution in [0.1, 0.15) is 58.4 Å². The molecule has 0 spiro atoms. The number of nitrogens with one attached hydrogen (secondary N) is 1. The van der Waals surface area contributed by atoms with Crippen molar-refractivity contribution in [3.05, 3.63) is 29.8 Å². The van der Waals surface area contributed by atoms with E-state index >= 15 is 0 Å². The summed E-state index contributed by atoms with van der Waals surface area (Å²) in [5.41, 5.74) is 1.58. The first-order valence-corrected chi connectivity index (χ1v) is 12.5. The first-order valence-electron chi connectivity index (χ1n) is 12.5. The van der Waals surface area contributed by atoms with Crippen LogP contribution in [0.2, 0.25) is 0 Å². The zero-order chi connectivity index (χ0) is 25.5. The molecule has 35 heavy (non-hydrogen) atoms. The van der Waals surface area contributed by atoms with E-state index < -0.39 is 29.0 Å². The largest absolute Gasteiger partial charge is 0.444 e. The zero-order valence-electron chi connectivity index (χ0n) is 21.1. The van der Waals surface area contributed by atoms with E-state index in [0.29, 0.717) is 38.0 Å². The summed E-state index contributed by atoms with van der Waals surface area (Å²) >= 11 is 0. The average molecular weight is 495 g/mol. The van der Waals surface area contributed by atoms with E-state index in [4.69, 9.17) is 9.57 Å². The van der Waals surface area contributed by atoms with Gasteiger partial charge in [-0.15, -0.1) is 0 Å². The molecule has 0 bridgehead atoms. The Hall–Kier alpha value is -2.30. The number of halogens is 1. The van der Waals surface area contributed by atoms with Crippen LogP contribution in [0.5, 0.6) is 0 Å². The lowest BCUT2D eigenvalue weighted by Gasteiger charge is -2.40. The number of hydrogen-bond donors (Lipinski definition) is 2. The van der Waals surface area contributed by atoms with Crippen LogP contribution in [0.3, 0.4) is 0 Å². The number of carbonyl (C=O) groups excluding carboxylic acids is 2. The fourth-order valence-electron chi connectivity index (χ4n) is 4.68. The number of rotatable bonds is 8. The van der Waals surface area contributed by atoms with E-state index in [1.165, 1.54) is 12.5 Å². The number of hydroxylamine groups is 1. The average Bonchev–Trinajstić information content (AvgIpc) is 2.79. The van der Waals surface area contributed by atoms with Crippen molar-refractivity contribution in [3.8, 4) is 0 Å². The van der Waals surface area contributed by atoms with Crippen LogP contribution in [0.25, 0.3) is 0 Å². The Morgan fingerprint density at radius 3 is 2.49 bits per heavy atom. The van der Waals surface area contributed by atoms with Gasteiger partial charge in [0.1, 0.15) is 18.0 Å². The van der Waals surface area contributed by atoms with E-state index in [2.05, 4.69) is 15.4 Å². The van der Waals surface area contributed by atoms with Crippen molar-refractivity contribution >= 4 is 12.0 Å². The first kappa shape index (κ1) is 27.3. The van der Waals surface area contributed by atoms with Gasteiger partial charge in [0.25, 0.3) is 0 Å². The van der Waals surface area contributed by atoms with Crippen molar-refractivity contribution in [1.29, 1.82) is 0 Å². The minimum absolute atomic E-state index is 0.0239. The molecule has 1 aromatic rings. The third-order valence-electron chi connectivity index (χ3n) is 6.52. The number of β-amino-alcohol motifs (C(OH)–C–C–N with tert-alkyl or cyclic N) is 1. The van der Waals surface area contributed by atoms with E-state index in [1.54, 1.807) is 31.9 Å². The van der Waals surface area contributed by atoms with Gasteiger partial charge in [0.2, 0.25) is 5.91 Å². The number of carbonyl (C=O) groups is 2. The normalized spacial score (nSPS) is 19.7. The van der Waals surface area contributed by atoms with Gasteiger partial charge in [-0.2, -0.15) is 0 Å². The number of hydrogen-bond acceptors (Lipinski definition) is 7. The predicted molar refractivity (Wildman–Crippen MR) is 128 cm³/mol. The molecule has 0 aromatic carbocycles. The number of piperidine rings is 2. The predicted octanol–water partition coefficient (Wildman–Crippen LogP) is 2.68. The molecule has 1 aromatic heterocycles. The molecule has 2 amide bonds. The second-order valence-corrected chi connectivity index (χ2v) is 10.7. The van der Waals surface area contributed by atoms with E-state index in [0.717, 1.165) is 32.1 Å². The fraction of sp³-hybridized carbons (Fsp3) is 0.720. The zero-order valence-corrected chi connectivity index (χ0v) is 21.1. The molecule has 2 fully saturated rings. The molecule has 2 saturated heterocycles. The maximum absolute atomic E-state index is 13.8. The van der Waals surface area contributed by atoms with Gasteiger partial charge >= 0.3 is 6.09 Å². The molecular formula is C25H39FN4O5. The van der Waals surface area contributed by atoms with Crippen LogP contribution in [-0.4, -0.2) is 82.9 Å². The molecule has 2 N–H and O–H groups in total. The van der Waals surface area contributed by atoms with Crippen molar-refractivity contribution in [2.75, 3.05) is 39.3 Å². The molecule has 2 aliphatic heterocycles. The lowest BCUT2D eigenvalue weighted by molar-refractivity contribution is -0.150. The van der Waals surface area contributed by atoms with Crippen LogP contribution < -0.4 is 5.48 Å². The van der Waals surface area contributed by atoms with Gasteiger partial charge in [-0.25, -0.2) is 14.7 Å². The first-order chi connectivity index (χ1) is 16.6. The number of aliphatic hydroxyl groups excluding tert-OH is 1. The van der Waals surface area contributed by atoms with Crippen LogP contribution >= 0.6 is 0 Å². The molecule has 0 saturated carbocycles. The third-order valence-corrected chi connectivity index (χ3v) is 6.52. The van der Waals surface area contributed by atoms with Gasteiger partial charge in [-0.1, -0.05) is 6.42 Å². The second kappa shape index (κ2) is 12.1. The number of likely N-dealkylation sites (tertiary alicyclic amines) is 2. The Balaban J connectivity index is 1.60. The number of aliphatic hydroxyl groups is 1. The molecular weight excluding hydrogens is 455 g/mol. The van der Waals surface area contributed by atoms with Crippen molar-refractivity contribution < 1.29 is 28.7 Å². The highest BCUT2D eigenvalue weighted by Gasteiger charge is 2.43. The molecule has 1 atom stereocenters. The van der Waals surface area contributed by atoms with E-state index in [-0.39, 0.29) is 18.9 Å². The highest BCUT2D eigenvalue weighted by molar-refractivity contribution is 5.82. The molecule has 1 unspecified atom stereocenters. The summed E-state index contributed by atoms with van der Waals surface area (Å²) in [7, 11) is 0. The fourth-order valence-corrected chi connectivity index (χ4v) is 4.68. The summed E-state index contributed by atoms with van der Waals surface area (Å²) in [5.74, 6) is -0.822. The number of amides is 2. The van der Waals surface area contributed by atoms with Gasteiger partial charge < -0.3 is 19.6 Å². The van der Waals surface area contributed by atoms with Crippen molar-refractivity contribution in [2.24, 2.45) is 5.41 Å². The van der Waals surface area contributed by atoms with Gasteiger partial charge in [-0.3, -0.25) is 14.6 Å². The Kier molecular flexibility index (Phi) is 9.43. The van der Waals surface area contributed by atoms with E-state index in [1.807, 2.05) is 0 Å². The smallest absolute Gasteiger partial charge is 0.410 e. The summed E-state index contributed by atoms with van der Waals surface area (Å²) in [6.07, 6.45) is 5.96. The molecule has 10 heteroatoms. The maximum Gasteiger partial charge on any atom is 0.410 e. The monoisotopic (exact) mass is 494 g/mol. The number of aromatic nitrogens is 1. The maximum atomic E-state index is 13.8. The summed E-state index contributed by atoms with van der Waals surface area (Å²) in [6.45, 7) is 8.46. The van der Waals surface area contributed by atoms with Crippen molar-refractivity contribution in [3.63, 3.8) is 0 Å². The Morgan fingerprint density at radius 1 is 1.17 bits per heavy atom. The summed E-state index contributed by atoms with van der Waals surface area (Å²) in [4.78, 5) is 38.9. The molecule has 3 rings (SSSR count). The Bertz CT molecular complexity index is 849. The molecule has 0 aliphatic carbocycles. The van der Waals surface area contributed by atoms with Crippen LogP contribution in [0.4, 0.5) is 9.18 Å². The van der Waals surface area contributed by atoms with Gasteiger partial charge in [0.05, 0.1) is 17.7 Å². The Labute approximate surface area is 206 Å². The molecule has 3 heterocycles. The number of ether oxygens (including phenoxy) is 1. The lowest BCUT2D eigenvalue weighted by atomic mass is 9.73. The molecule has 196 valence electrons. The van der Waals surface area contributed by atoms with Crippen molar-refractivity contribution in [1.82, 2.24) is 20.3 Å². The number of nitrogens with zero attached hydrogens (tertiary/aromatic N) is 3. The minimum atomic E-state index is -0.911. The summed E-state index contributed by atoms with van der Waals surface area (Å²) in [6, 6.07) is 1.37. The molecule has 2 aliphatic rings. The van der Waals surface area contributed by atoms with Gasteiger partial charge in [-0.05, 0) is 77.6 Å². The van der Waals surface area contributed by atoms with E-state index in [9.17, 15) is 19.1 Å². The highest BCUT2D eigenvalue weighted by atomic mass is 19.1. The standard InChI is InChI=1S/C25H39FN4O5/c1-24(2,3)35-23(33)30-11-7-25(8-12-30,14-19-13-20(26)16-27-15-19)22(32)28-34-18-21(31)17-29-9-5-4-6-10-29/h13,15-16,21,31H,4-12,14,17-18H2,1-3H3,(H,28,32).